The predicted octanol–water partition coefficient (Wildman–Crippen LogP) is 3.83. The smallest absolute Gasteiger partial charge is 0.0951 e. The minimum atomic E-state index is 0.709. The molecule has 2 N–H and O–H groups in total. The van der Waals surface area contributed by atoms with E-state index in [1.807, 2.05) is 18.3 Å². The predicted molar refractivity (Wildman–Crippen MR) is 86.0 cm³/mol. The summed E-state index contributed by atoms with van der Waals surface area (Å²) in [4.78, 5) is 7.01. The first kappa shape index (κ1) is 13.2. The van der Waals surface area contributed by atoms with Crippen molar-refractivity contribution in [3.63, 3.8) is 0 Å². The van der Waals surface area contributed by atoms with Crippen LogP contribution in [0.1, 0.15) is 33.1 Å². The molecule has 0 unspecified atom stereocenters. The molecule has 3 rings (SSSR count). The van der Waals surface area contributed by atoms with Crippen molar-refractivity contribution >= 4 is 22.3 Å². The molecular weight excluding hydrogens is 246 g/mol. The molecule has 0 bridgehead atoms. The van der Waals surface area contributed by atoms with Crippen LogP contribution in [-0.2, 0) is 0 Å². The molecule has 1 aliphatic rings. The van der Waals surface area contributed by atoms with Gasteiger partial charge in [-0.1, -0.05) is 13.8 Å². The van der Waals surface area contributed by atoms with Gasteiger partial charge in [-0.2, -0.15) is 0 Å². The van der Waals surface area contributed by atoms with Gasteiger partial charge in [0.05, 0.1) is 11.2 Å². The standard InChI is InChI=1S/C17H23N3/c1-12(2)9-11-20(13-5-6-13)16-8-7-15(18)17-14(16)4-3-10-19-17/h3-4,7-8,10,12-13H,5-6,9,11,18H2,1-2H3. The van der Waals surface area contributed by atoms with Crippen LogP contribution in [-0.4, -0.2) is 17.6 Å². The number of rotatable bonds is 5. The Balaban J connectivity index is 2.00. The molecular formula is C17H23N3. The van der Waals surface area contributed by atoms with Crippen molar-refractivity contribution in [3.8, 4) is 0 Å². The number of nitrogens with two attached hydrogens (primary N) is 1. The summed E-state index contributed by atoms with van der Waals surface area (Å²) in [5.41, 5.74) is 9.05. The van der Waals surface area contributed by atoms with Gasteiger partial charge < -0.3 is 10.6 Å². The minimum absolute atomic E-state index is 0.709. The molecule has 1 saturated carbocycles. The Hall–Kier alpha value is -1.77. The number of hydrogen-bond acceptors (Lipinski definition) is 3. The zero-order chi connectivity index (χ0) is 14.1. The van der Waals surface area contributed by atoms with E-state index in [1.165, 1.54) is 30.3 Å². The van der Waals surface area contributed by atoms with E-state index in [4.69, 9.17) is 5.73 Å². The van der Waals surface area contributed by atoms with Gasteiger partial charge in [-0.25, -0.2) is 0 Å². The van der Waals surface area contributed by atoms with Gasteiger partial charge in [-0.15, -0.1) is 0 Å². The summed E-state index contributed by atoms with van der Waals surface area (Å²) in [7, 11) is 0. The van der Waals surface area contributed by atoms with Crippen LogP contribution in [0.3, 0.4) is 0 Å². The van der Waals surface area contributed by atoms with Gasteiger partial charge in [0.1, 0.15) is 0 Å². The lowest BCUT2D eigenvalue weighted by Gasteiger charge is -2.27. The fourth-order valence-electron chi connectivity index (χ4n) is 2.71. The second-order valence-corrected chi connectivity index (χ2v) is 6.18. The Morgan fingerprint density at radius 1 is 1.30 bits per heavy atom. The monoisotopic (exact) mass is 269 g/mol. The minimum Gasteiger partial charge on any atom is -0.397 e. The number of anilines is 2. The summed E-state index contributed by atoms with van der Waals surface area (Å²) in [6, 6.07) is 9.01. The van der Waals surface area contributed by atoms with Gasteiger partial charge in [-0.05, 0) is 49.4 Å². The highest BCUT2D eigenvalue weighted by Crippen LogP contribution is 2.37. The first-order chi connectivity index (χ1) is 9.66. The first-order valence-electron chi connectivity index (χ1n) is 7.56. The van der Waals surface area contributed by atoms with E-state index in [0.29, 0.717) is 6.04 Å². The number of pyridine rings is 1. The number of fused-ring (bicyclic) bond motifs is 1. The summed E-state index contributed by atoms with van der Waals surface area (Å²) in [5.74, 6) is 0.731. The van der Waals surface area contributed by atoms with Gasteiger partial charge >= 0.3 is 0 Å². The van der Waals surface area contributed by atoms with E-state index in [1.54, 1.807) is 0 Å². The van der Waals surface area contributed by atoms with Crippen LogP contribution >= 0.6 is 0 Å². The lowest BCUT2D eigenvalue weighted by molar-refractivity contribution is 0.571. The molecule has 0 spiro atoms. The van der Waals surface area contributed by atoms with Crippen LogP contribution < -0.4 is 10.6 Å². The summed E-state index contributed by atoms with van der Waals surface area (Å²) in [5, 5.41) is 1.18. The molecule has 2 aromatic rings. The van der Waals surface area contributed by atoms with Crippen molar-refractivity contribution in [2.45, 2.75) is 39.2 Å². The highest BCUT2D eigenvalue weighted by Gasteiger charge is 2.30. The van der Waals surface area contributed by atoms with Crippen LogP contribution in [0.5, 0.6) is 0 Å². The van der Waals surface area contributed by atoms with Crippen LogP contribution in [0, 0.1) is 5.92 Å². The second-order valence-electron chi connectivity index (χ2n) is 6.18. The molecule has 1 aliphatic carbocycles. The molecule has 0 saturated heterocycles. The van der Waals surface area contributed by atoms with E-state index in [-0.39, 0.29) is 0 Å². The van der Waals surface area contributed by atoms with Crippen molar-refractivity contribution < 1.29 is 0 Å². The number of aromatic nitrogens is 1. The molecule has 3 heteroatoms. The van der Waals surface area contributed by atoms with E-state index in [9.17, 15) is 0 Å². The summed E-state index contributed by atoms with van der Waals surface area (Å²) < 4.78 is 0. The third-order valence-electron chi connectivity index (χ3n) is 4.02. The zero-order valence-electron chi connectivity index (χ0n) is 12.3. The van der Waals surface area contributed by atoms with Crippen molar-refractivity contribution in [3.05, 3.63) is 30.5 Å². The maximum absolute atomic E-state index is 6.06. The molecule has 106 valence electrons. The molecule has 0 amide bonds. The van der Waals surface area contributed by atoms with Crippen LogP contribution in [0.25, 0.3) is 10.9 Å². The van der Waals surface area contributed by atoms with Gasteiger partial charge in [0.2, 0.25) is 0 Å². The van der Waals surface area contributed by atoms with E-state index >= 15 is 0 Å². The number of benzene rings is 1. The van der Waals surface area contributed by atoms with Gasteiger partial charge in [0.15, 0.2) is 0 Å². The molecule has 1 aromatic heterocycles. The molecule has 0 radical (unpaired) electrons. The Bertz CT molecular complexity index is 602. The largest absolute Gasteiger partial charge is 0.397 e. The maximum Gasteiger partial charge on any atom is 0.0951 e. The molecule has 1 aromatic carbocycles. The third kappa shape index (κ3) is 2.58. The maximum atomic E-state index is 6.06. The normalized spacial score (nSPS) is 14.9. The van der Waals surface area contributed by atoms with E-state index < -0.39 is 0 Å². The van der Waals surface area contributed by atoms with Crippen molar-refractivity contribution in [1.82, 2.24) is 4.98 Å². The fraction of sp³-hybridized carbons (Fsp3) is 0.471. The molecule has 1 fully saturated rings. The molecule has 0 atom stereocenters. The van der Waals surface area contributed by atoms with Crippen LogP contribution in [0.2, 0.25) is 0 Å². The Morgan fingerprint density at radius 2 is 2.10 bits per heavy atom. The molecule has 20 heavy (non-hydrogen) atoms. The quantitative estimate of drug-likeness (QED) is 0.839. The summed E-state index contributed by atoms with van der Waals surface area (Å²) in [6.07, 6.45) is 5.66. The van der Waals surface area contributed by atoms with Crippen LogP contribution in [0.15, 0.2) is 30.5 Å². The highest BCUT2D eigenvalue weighted by molar-refractivity contribution is 5.98. The van der Waals surface area contributed by atoms with E-state index in [0.717, 1.165) is 23.7 Å². The zero-order valence-corrected chi connectivity index (χ0v) is 12.3. The van der Waals surface area contributed by atoms with Crippen molar-refractivity contribution in [1.29, 1.82) is 0 Å². The molecule has 1 heterocycles. The number of nitrogen functional groups attached to an aromatic ring is 1. The lowest BCUT2D eigenvalue weighted by atomic mass is 10.1. The van der Waals surface area contributed by atoms with Gasteiger partial charge in [-0.3, -0.25) is 4.98 Å². The average molecular weight is 269 g/mol. The third-order valence-corrected chi connectivity index (χ3v) is 4.02. The van der Waals surface area contributed by atoms with Crippen molar-refractivity contribution in [2.75, 3.05) is 17.2 Å². The van der Waals surface area contributed by atoms with Crippen LogP contribution in [0.4, 0.5) is 11.4 Å². The Morgan fingerprint density at radius 3 is 2.80 bits per heavy atom. The van der Waals surface area contributed by atoms with Crippen molar-refractivity contribution in [2.24, 2.45) is 5.92 Å². The fourth-order valence-corrected chi connectivity index (χ4v) is 2.71. The second kappa shape index (κ2) is 5.31. The van der Waals surface area contributed by atoms with Gasteiger partial charge in [0, 0.05) is 29.9 Å². The first-order valence-corrected chi connectivity index (χ1v) is 7.56. The molecule has 0 aliphatic heterocycles. The topological polar surface area (TPSA) is 42.1 Å². The Labute approximate surface area is 120 Å². The lowest BCUT2D eigenvalue weighted by Crippen LogP contribution is -2.28. The number of nitrogens with zero attached hydrogens (tertiary/aromatic N) is 2. The average Bonchev–Trinajstić information content (AvgIpc) is 3.26. The molecule has 3 nitrogen and oxygen atoms in total. The SMILES string of the molecule is CC(C)CCN(c1ccc(N)c2ncccc12)C1CC1. The van der Waals surface area contributed by atoms with E-state index in [2.05, 4.69) is 35.9 Å². The highest BCUT2D eigenvalue weighted by atomic mass is 15.2. The summed E-state index contributed by atoms with van der Waals surface area (Å²) in [6.45, 7) is 5.69. The van der Waals surface area contributed by atoms with Gasteiger partial charge in [0.25, 0.3) is 0 Å². The summed E-state index contributed by atoms with van der Waals surface area (Å²) >= 11 is 0. The number of hydrogen-bond donors (Lipinski definition) is 1. The Kier molecular flexibility index (Phi) is 3.51.